The summed E-state index contributed by atoms with van der Waals surface area (Å²) in [4.78, 5) is 0.320. The molecule has 1 aliphatic carbocycles. The highest BCUT2D eigenvalue weighted by molar-refractivity contribution is 7.89. The van der Waals surface area contributed by atoms with Gasteiger partial charge in [0.05, 0.1) is 11.0 Å². The summed E-state index contributed by atoms with van der Waals surface area (Å²) < 4.78 is 33.5. The van der Waals surface area contributed by atoms with Gasteiger partial charge in [-0.25, -0.2) is 13.1 Å². The van der Waals surface area contributed by atoms with Crippen molar-refractivity contribution in [2.45, 2.75) is 43.7 Å². The van der Waals surface area contributed by atoms with E-state index in [-0.39, 0.29) is 12.1 Å². The summed E-state index contributed by atoms with van der Waals surface area (Å²) in [6.07, 6.45) is 1.89. The van der Waals surface area contributed by atoms with Gasteiger partial charge in [0, 0.05) is 16.8 Å². The first kappa shape index (κ1) is 14.4. The van der Waals surface area contributed by atoms with Gasteiger partial charge in [-0.2, -0.15) is 0 Å². The molecule has 0 unspecified atom stereocenters. The Morgan fingerprint density at radius 1 is 1.10 bits per heavy atom. The van der Waals surface area contributed by atoms with Crippen LogP contribution < -0.4 is 9.46 Å². The smallest absolute Gasteiger partial charge is 0.241 e. The number of rotatable bonds is 5. The summed E-state index contributed by atoms with van der Waals surface area (Å²) >= 11 is 0. The maximum atomic E-state index is 12.5. The lowest BCUT2D eigenvalue weighted by molar-refractivity contribution is 0.245. The average Bonchev–Trinajstić information content (AvgIpc) is 3.21. The first-order valence-electron chi connectivity index (χ1n) is 7.18. The van der Waals surface area contributed by atoms with Gasteiger partial charge in [0.2, 0.25) is 10.0 Å². The fourth-order valence-electron chi connectivity index (χ4n) is 2.32. The van der Waals surface area contributed by atoms with Gasteiger partial charge in [0.1, 0.15) is 5.75 Å². The highest BCUT2D eigenvalue weighted by Gasteiger charge is 2.29. The predicted octanol–water partition coefficient (Wildman–Crippen LogP) is 3.07. The molecule has 0 bridgehead atoms. The number of ether oxygens (including phenoxy) is 1. The normalized spacial score (nSPS) is 15.6. The second-order valence-corrected chi connectivity index (χ2v) is 7.35. The van der Waals surface area contributed by atoms with Crippen molar-refractivity contribution in [3.63, 3.8) is 0 Å². The Balaban J connectivity index is 2.12. The lowest BCUT2D eigenvalue weighted by Crippen LogP contribution is -2.25. The molecule has 0 radical (unpaired) electrons. The average molecular weight is 305 g/mol. The molecule has 0 aromatic heterocycles. The van der Waals surface area contributed by atoms with E-state index in [9.17, 15) is 8.42 Å². The second kappa shape index (κ2) is 5.31. The zero-order chi connectivity index (χ0) is 15.0. The van der Waals surface area contributed by atoms with Crippen molar-refractivity contribution >= 4 is 20.8 Å². The van der Waals surface area contributed by atoms with Crippen molar-refractivity contribution in [2.75, 3.05) is 0 Å². The van der Waals surface area contributed by atoms with Crippen LogP contribution in [0.4, 0.5) is 0 Å². The topological polar surface area (TPSA) is 55.4 Å². The molecule has 0 atom stereocenters. The largest absolute Gasteiger partial charge is 0.490 e. The molecule has 0 saturated heterocycles. The van der Waals surface area contributed by atoms with Gasteiger partial charge in [0.15, 0.2) is 0 Å². The highest BCUT2D eigenvalue weighted by Crippen LogP contribution is 2.32. The van der Waals surface area contributed by atoms with Crippen molar-refractivity contribution in [1.29, 1.82) is 0 Å². The number of hydrogen-bond acceptors (Lipinski definition) is 3. The Morgan fingerprint density at radius 3 is 2.38 bits per heavy atom. The minimum absolute atomic E-state index is 0.0421. The summed E-state index contributed by atoms with van der Waals surface area (Å²) in [5, 5.41) is 1.52. The van der Waals surface area contributed by atoms with Crippen LogP contribution in [0.3, 0.4) is 0 Å². The van der Waals surface area contributed by atoms with Gasteiger partial charge in [-0.15, -0.1) is 0 Å². The zero-order valence-corrected chi connectivity index (χ0v) is 13.0. The van der Waals surface area contributed by atoms with Crippen LogP contribution in [0.2, 0.25) is 0 Å². The molecule has 1 N–H and O–H groups in total. The van der Waals surface area contributed by atoms with E-state index in [0.717, 1.165) is 18.2 Å². The molecule has 0 amide bonds. The Bertz CT molecular complexity index is 764. The van der Waals surface area contributed by atoms with E-state index >= 15 is 0 Å². The summed E-state index contributed by atoms with van der Waals surface area (Å²) in [6, 6.07) is 10.9. The van der Waals surface area contributed by atoms with Crippen molar-refractivity contribution in [1.82, 2.24) is 4.72 Å². The molecule has 0 spiro atoms. The molecule has 112 valence electrons. The van der Waals surface area contributed by atoms with Crippen molar-refractivity contribution in [3.8, 4) is 5.75 Å². The summed E-state index contributed by atoms with van der Waals surface area (Å²) in [5.74, 6) is 0.714. The first-order valence-corrected chi connectivity index (χ1v) is 8.66. The molecule has 3 rings (SSSR count). The predicted molar refractivity (Wildman–Crippen MR) is 83.1 cm³/mol. The minimum Gasteiger partial charge on any atom is -0.490 e. The zero-order valence-electron chi connectivity index (χ0n) is 12.2. The maximum absolute atomic E-state index is 12.5. The monoisotopic (exact) mass is 305 g/mol. The molecule has 0 aliphatic heterocycles. The Kier molecular flexibility index (Phi) is 3.63. The Labute approximate surface area is 125 Å². The summed E-state index contributed by atoms with van der Waals surface area (Å²) in [7, 11) is -3.47. The highest BCUT2D eigenvalue weighted by atomic mass is 32.2. The number of benzene rings is 2. The van der Waals surface area contributed by atoms with Crippen LogP contribution in [0.15, 0.2) is 41.3 Å². The molecule has 1 fully saturated rings. The van der Waals surface area contributed by atoms with E-state index in [1.54, 1.807) is 12.1 Å². The maximum Gasteiger partial charge on any atom is 0.241 e. The van der Waals surface area contributed by atoms with E-state index in [1.807, 2.05) is 38.1 Å². The van der Waals surface area contributed by atoms with Crippen LogP contribution >= 0.6 is 0 Å². The molecule has 5 heteroatoms. The third-order valence-electron chi connectivity index (χ3n) is 3.40. The third kappa shape index (κ3) is 3.04. The van der Waals surface area contributed by atoms with Crippen LogP contribution in [0.25, 0.3) is 10.8 Å². The number of sulfonamides is 1. The molecule has 21 heavy (non-hydrogen) atoms. The third-order valence-corrected chi connectivity index (χ3v) is 4.97. The van der Waals surface area contributed by atoms with Gasteiger partial charge < -0.3 is 4.74 Å². The molecule has 2 aromatic carbocycles. The Morgan fingerprint density at radius 2 is 1.76 bits per heavy atom. The molecule has 1 saturated carbocycles. The molecule has 4 nitrogen and oxygen atoms in total. The molecule has 1 aliphatic rings. The fourth-order valence-corrected chi connectivity index (χ4v) is 3.84. The van der Waals surface area contributed by atoms with Crippen LogP contribution in [0.5, 0.6) is 5.75 Å². The van der Waals surface area contributed by atoms with E-state index in [0.29, 0.717) is 16.0 Å². The van der Waals surface area contributed by atoms with Crippen LogP contribution in [0.1, 0.15) is 26.7 Å². The number of hydrogen-bond donors (Lipinski definition) is 1. The van der Waals surface area contributed by atoms with E-state index in [2.05, 4.69) is 4.72 Å². The fraction of sp³-hybridized carbons (Fsp3) is 0.375. The lowest BCUT2D eigenvalue weighted by atomic mass is 10.1. The molecule has 0 heterocycles. The van der Waals surface area contributed by atoms with E-state index in [1.165, 1.54) is 0 Å². The Hall–Kier alpha value is -1.59. The van der Waals surface area contributed by atoms with Crippen LogP contribution in [-0.2, 0) is 10.0 Å². The van der Waals surface area contributed by atoms with Crippen molar-refractivity contribution < 1.29 is 13.2 Å². The quantitative estimate of drug-likeness (QED) is 0.923. The van der Waals surface area contributed by atoms with Gasteiger partial charge in [0.25, 0.3) is 0 Å². The van der Waals surface area contributed by atoms with Crippen molar-refractivity contribution in [3.05, 3.63) is 36.4 Å². The minimum atomic E-state index is -3.47. The first-order chi connectivity index (χ1) is 9.97. The second-order valence-electron chi connectivity index (χ2n) is 5.67. The SMILES string of the molecule is CC(C)Oc1ccc(S(=O)(=O)NC2CC2)c2ccccc12. The van der Waals surface area contributed by atoms with E-state index in [4.69, 9.17) is 4.74 Å². The van der Waals surface area contributed by atoms with Crippen LogP contribution in [-0.4, -0.2) is 20.6 Å². The van der Waals surface area contributed by atoms with Gasteiger partial charge in [-0.05, 0) is 38.8 Å². The number of fused-ring (bicyclic) bond motifs is 1. The van der Waals surface area contributed by atoms with Gasteiger partial charge in [-0.1, -0.05) is 24.3 Å². The van der Waals surface area contributed by atoms with Gasteiger partial charge >= 0.3 is 0 Å². The van der Waals surface area contributed by atoms with Crippen molar-refractivity contribution in [2.24, 2.45) is 0 Å². The van der Waals surface area contributed by atoms with Gasteiger partial charge in [-0.3, -0.25) is 0 Å². The summed E-state index contributed by atoms with van der Waals surface area (Å²) in [6.45, 7) is 3.90. The molecule has 2 aromatic rings. The molecular formula is C16H19NO3S. The van der Waals surface area contributed by atoms with E-state index < -0.39 is 10.0 Å². The standard InChI is InChI=1S/C16H19NO3S/c1-11(2)20-15-9-10-16(14-6-4-3-5-13(14)15)21(18,19)17-12-7-8-12/h3-6,9-12,17H,7-8H2,1-2H3. The summed E-state index contributed by atoms with van der Waals surface area (Å²) in [5.41, 5.74) is 0. The van der Waals surface area contributed by atoms with Crippen LogP contribution in [0, 0.1) is 0 Å². The lowest BCUT2D eigenvalue weighted by Gasteiger charge is -2.15. The number of nitrogens with one attached hydrogen (secondary N) is 1. The molecular weight excluding hydrogens is 286 g/mol.